The van der Waals surface area contributed by atoms with Crippen LogP contribution in [-0.4, -0.2) is 57.4 Å². The molecule has 0 aliphatic carbocycles. The lowest BCUT2D eigenvalue weighted by Crippen LogP contribution is -2.40. The smallest absolute Gasteiger partial charge is 0.258 e. The van der Waals surface area contributed by atoms with Crippen molar-refractivity contribution in [3.63, 3.8) is 0 Å². The van der Waals surface area contributed by atoms with Crippen LogP contribution in [0, 0.1) is 6.92 Å². The number of nitrogens with one attached hydrogen (secondary N) is 1. The minimum absolute atomic E-state index is 0.0663. The minimum Gasteiger partial charge on any atom is -0.378 e. The molecular formula is C25H23N5O3S. The van der Waals surface area contributed by atoms with Gasteiger partial charge in [-0.15, -0.1) is 0 Å². The summed E-state index contributed by atoms with van der Waals surface area (Å²) in [7, 11) is 0. The maximum absolute atomic E-state index is 13.2. The first kappa shape index (κ1) is 22.1. The van der Waals surface area contributed by atoms with Crippen molar-refractivity contribution in [1.29, 1.82) is 0 Å². The van der Waals surface area contributed by atoms with E-state index in [1.807, 2.05) is 31.2 Å². The number of carbonyl (C=O) groups is 2. The number of hydrogen-bond acceptors (Lipinski definition) is 7. The molecule has 5 rings (SSSR count). The van der Waals surface area contributed by atoms with Gasteiger partial charge in [0.25, 0.3) is 11.8 Å². The van der Waals surface area contributed by atoms with Gasteiger partial charge in [-0.05, 0) is 48.8 Å². The lowest BCUT2D eigenvalue weighted by atomic mass is 10.1. The summed E-state index contributed by atoms with van der Waals surface area (Å²) in [5.41, 5.74) is 4.70. The number of hydrogen-bond donors (Lipinski definition) is 1. The van der Waals surface area contributed by atoms with E-state index in [0.29, 0.717) is 55.2 Å². The van der Waals surface area contributed by atoms with E-state index in [9.17, 15) is 9.59 Å². The summed E-state index contributed by atoms with van der Waals surface area (Å²) in [6.45, 7) is 4.03. The standard InChI is InChI=1S/C25H23N5O3S/c1-16-23(22(34-29-16)14-19-15-26-20-7-2-3-8-21(20)27-19)24(31)28-18-6-4-5-17(13-18)25(32)30-9-11-33-12-10-30/h2-8,13,15H,9-12,14H2,1H3,(H,28,31). The molecule has 172 valence electrons. The van der Waals surface area contributed by atoms with Crippen LogP contribution in [-0.2, 0) is 11.2 Å². The fourth-order valence-corrected chi connectivity index (χ4v) is 4.83. The summed E-state index contributed by atoms with van der Waals surface area (Å²) in [5, 5.41) is 2.94. The minimum atomic E-state index is -0.258. The van der Waals surface area contributed by atoms with Gasteiger partial charge in [-0.1, -0.05) is 18.2 Å². The maximum Gasteiger partial charge on any atom is 0.258 e. The van der Waals surface area contributed by atoms with Crippen LogP contribution in [0.25, 0.3) is 11.0 Å². The summed E-state index contributed by atoms with van der Waals surface area (Å²) in [6, 6.07) is 14.7. The van der Waals surface area contributed by atoms with Gasteiger partial charge in [0.1, 0.15) is 0 Å². The molecule has 8 nitrogen and oxygen atoms in total. The molecule has 2 aromatic carbocycles. The first-order valence-electron chi connectivity index (χ1n) is 11.0. The predicted molar refractivity (Wildman–Crippen MR) is 130 cm³/mol. The van der Waals surface area contributed by atoms with Crippen LogP contribution in [0.1, 0.15) is 37.0 Å². The Hall–Kier alpha value is -3.69. The highest BCUT2D eigenvalue weighted by Crippen LogP contribution is 2.24. The van der Waals surface area contributed by atoms with E-state index >= 15 is 0 Å². The van der Waals surface area contributed by atoms with Crippen LogP contribution < -0.4 is 5.32 Å². The average Bonchev–Trinajstić information content (AvgIpc) is 3.24. The van der Waals surface area contributed by atoms with Crippen molar-refractivity contribution < 1.29 is 14.3 Å². The third-order valence-corrected chi connectivity index (χ3v) is 6.60. The summed E-state index contributed by atoms with van der Waals surface area (Å²) in [5.74, 6) is -0.325. The zero-order valence-electron chi connectivity index (χ0n) is 18.7. The molecule has 0 spiro atoms. The van der Waals surface area contributed by atoms with Gasteiger partial charge in [0, 0.05) is 41.8 Å². The van der Waals surface area contributed by atoms with E-state index in [4.69, 9.17) is 4.74 Å². The number of rotatable bonds is 5. The van der Waals surface area contributed by atoms with Crippen molar-refractivity contribution in [3.8, 4) is 0 Å². The number of fused-ring (bicyclic) bond motifs is 1. The second-order valence-corrected chi connectivity index (χ2v) is 8.89. The summed E-state index contributed by atoms with van der Waals surface area (Å²) < 4.78 is 9.73. The Bertz CT molecular complexity index is 1360. The highest BCUT2D eigenvalue weighted by atomic mass is 32.1. The fourth-order valence-electron chi connectivity index (χ4n) is 3.95. The van der Waals surface area contributed by atoms with Gasteiger partial charge < -0.3 is 15.0 Å². The second kappa shape index (κ2) is 9.66. The number of anilines is 1. The van der Waals surface area contributed by atoms with Crippen LogP contribution in [0.15, 0.2) is 54.7 Å². The number of amides is 2. The van der Waals surface area contributed by atoms with Gasteiger partial charge in [0.15, 0.2) is 0 Å². The molecule has 4 aromatic rings. The summed E-state index contributed by atoms with van der Waals surface area (Å²) >= 11 is 1.29. The van der Waals surface area contributed by atoms with Crippen LogP contribution in [0.5, 0.6) is 0 Å². The number of ether oxygens (including phenoxy) is 1. The SMILES string of the molecule is Cc1nsc(Cc2cnc3ccccc3n2)c1C(=O)Nc1cccc(C(=O)N2CCOCC2)c1. The summed E-state index contributed by atoms with van der Waals surface area (Å²) in [4.78, 5) is 37.7. The Morgan fingerprint density at radius 2 is 1.88 bits per heavy atom. The maximum atomic E-state index is 13.2. The highest BCUT2D eigenvalue weighted by Gasteiger charge is 2.21. The third-order valence-electron chi connectivity index (χ3n) is 5.67. The van der Waals surface area contributed by atoms with Crippen LogP contribution in [0.4, 0.5) is 5.69 Å². The van der Waals surface area contributed by atoms with Gasteiger partial charge >= 0.3 is 0 Å². The molecule has 1 aliphatic rings. The van der Waals surface area contributed by atoms with Gasteiger partial charge in [-0.3, -0.25) is 14.6 Å². The predicted octanol–water partition coefficient (Wildman–Crippen LogP) is 3.71. The van der Waals surface area contributed by atoms with Crippen LogP contribution in [0.2, 0.25) is 0 Å². The molecule has 0 radical (unpaired) electrons. The molecule has 9 heteroatoms. The van der Waals surface area contributed by atoms with Gasteiger partial charge in [0.05, 0.1) is 41.2 Å². The Kier molecular flexibility index (Phi) is 6.29. The molecule has 1 fully saturated rings. The van der Waals surface area contributed by atoms with Crippen molar-refractivity contribution in [1.82, 2.24) is 19.2 Å². The van der Waals surface area contributed by atoms with Crippen molar-refractivity contribution in [2.75, 3.05) is 31.6 Å². The molecule has 1 N–H and O–H groups in total. The molecule has 34 heavy (non-hydrogen) atoms. The largest absolute Gasteiger partial charge is 0.378 e. The van der Waals surface area contributed by atoms with E-state index in [2.05, 4.69) is 19.7 Å². The fraction of sp³-hybridized carbons (Fsp3) is 0.240. The molecule has 2 aromatic heterocycles. The number of aromatic nitrogens is 3. The normalized spacial score (nSPS) is 13.7. The van der Waals surface area contributed by atoms with Gasteiger partial charge in [0.2, 0.25) is 0 Å². The highest BCUT2D eigenvalue weighted by molar-refractivity contribution is 7.06. The average molecular weight is 474 g/mol. The number of para-hydroxylation sites is 2. The lowest BCUT2D eigenvalue weighted by molar-refractivity contribution is 0.0303. The van der Waals surface area contributed by atoms with Crippen molar-refractivity contribution in [3.05, 3.63) is 82.1 Å². The van der Waals surface area contributed by atoms with Crippen molar-refractivity contribution in [2.24, 2.45) is 0 Å². The molecule has 0 saturated carbocycles. The molecule has 0 unspecified atom stereocenters. The molecule has 1 saturated heterocycles. The van der Waals surface area contributed by atoms with E-state index in [0.717, 1.165) is 21.6 Å². The third kappa shape index (κ3) is 4.66. The first-order chi connectivity index (χ1) is 16.6. The molecule has 0 atom stereocenters. The molecule has 2 amide bonds. The van der Waals surface area contributed by atoms with E-state index < -0.39 is 0 Å². The van der Waals surface area contributed by atoms with Crippen LogP contribution >= 0.6 is 11.5 Å². The number of nitrogens with zero attached hydrogens (tertiary/aromatic N) is 4. The van der Waals surface area contributed by atoms with E-state index in [1.165, 1.54) is 11.5 Å². The number of benzene rings is 2. The van der Waals surface area contributed by atoms with Gasteiger partial charge in [-0.25, -0.2) is 4.98 Å². The Labute approximate surface area is 200 Å². The number of carbonyl (C=O) groups excluding carboxylic acids is 2. The molecule has 3 heterocycles. The molecular weight excluding hydrogens is 450 g/mol. The van der Waals surface area contributed by atoms with Crippen LogP contribution in [0.3, 0.4) is 0 Å². The van der Waals surface area contributed by atoms with E-state index in [-0.39, 0.29) is 11.8 Å². The molecule has 0 bridgehead atoms. The molecule has 1 aliphatic heterocycles. The number of morpholine rings is 1. The van der Waals surface area contributed by atoms with Gasteiger partial charge in [-0.2, -0.15) is 4.37 Å². The zero-order chi connectivity index (χ0) is 23.5. The Morgan fingerprint density at radius 1 is 1.09 bits per heavy atom. The summed E-state index contributed by atoms with van der Waals surface area (Å²) in [6.07, 6.45) is 2.20. The monoisotopic (exact) mass is 473 g/mol. The zero-order valence-corrected chi connectivity index (χ0v) is 19.5. The second-order valence-electron chi connectivity index (χ2n) is 8.03. The Balaban J connectivity index is 1.34. The first-order valence-corrected chi connectivity index (χ1v) is 11.8. The van der Waals surface area contributed by atoms with Crippen molar-refractivity contribution in [2.45, 2.75) is 13.3 Å². The van der Waals surface area contributed by atoms with E-state index in [1.54, 1.807) is 35.4 Å². The lowest BCUT2D eigenvalue weighted by Gasteiger charge is -2.27. The topological polar surface area (TPSA) is 97.3 Å². The Morgan fingerprint density at radius 3 is 2.71 bits per heavy atom. The quantitative estimate of drug-likeness (QED) is 0.475. The number of aryl methyl sites for hydroxylation is 1. The van der Waals surface area contributed by atoms with Crippen molar-refractivity contribution >= 4 is 40.1 Å².